The third-order valence-corrected chi connectivity index (χ3v) is 16.3. The summed E-state index contributed by atoms with van der Waals surface area (Å²) in [6.07, 6.45) is 54.2. The van der Waals surface area contributed by atoms with E-state index in [-0.39, 0.29) is 6.42 Å². The highest BCUT2D eigenvalue weighted by Crippen LogP contribution is 2.24. The first-order chi connectivity index (χ1) is 37.2. The predicted octanol–water partition coefficient (Wildman–Crippen LogP) is 15.1. The Morgan fingerprint density at radius 2 is 0.763 bits per heavy atom. The van der Waals surface area contributed by atoms with E-state index in [9.17, 15) is 40.5 Å². The molecule has 1 fully saturated rings. The Kier molecular flexibility index (Phi) is 52.2. The van der Waals surface area contributed by atoms with Crippen molar-refractivity contribution in [2.75, 3.05) is 13.2 Å². The molecule has 0 aliphatic carbocycles. The molecule has 11 heteroatoms. The van der Waals surface area contributed by atoms with Crippen molar-refractivity contribution >= 4 is 5.91 Å². The molecule has 8 N–H and O–H groups in total. The first-order valence-corrected chi connectivity index (χ1v) is 33.1. The molecule has 9 atom stereocenters. The number of carbonyl (C=O) groups is 1. The maximum absolute atomic E-state index is 13.2. The summed E-state index contributed by atoms with van der Waals surface area (Å²) in [4.78, 5) is 13.2. The Morgan fingerprint density at radius 3 is 1.11 bits per heavy atom. The van der Waals surface area contributed by atoms with Crippen molar-refractivity contribution in [3.8, 4) is 0 Å². The number of ether oxygens (including phenoxy) is 2. The van der Waals surface area contributed by atoms with Gasteiger partial charge in [-0.05, 0) is 38.5 Å². The molecular formula is C65H127NO10. The van der Waals surface area contributed by atoms with Crippen molar-refractivity contribution in [2.45, 2.75) is 384 Å². The second kappa shape index (κ2) is 54.4. The third kappa shape index (κ3) is 41.8. The van der Waals surface area contributed by atoms with Gasteiger partial charge in [-0.25, -0.2) is 0 Å². The molecule has 76 heavy (non-hydrogen) atoms. The van der Waals surface area contributed by atoms with Crippen LogP contribution >= 0.6 is 0 Å². The van der Waals surface area contributed by atoms with Gasteiger partial charge in [-0.1, -0.05) is 302 Å². The van der Waals surface area contributed by atoms with Crippen LogP contribution in [0.4, 0.5) is 0 Å². The minimum absolute atomic E-state index is 0.263. The zero-order valence-electron chi connectivity index (χ0n) is 49.8. The first kappa shape index (κ1) is 72.9. The molecule has 0 aromatic rings. The van der Waals surface area contributed by atoms with Crippen LogP contribution in [0.25, 0.3) is 0 Å². The van der Waals surface area contributed by atoms with Crippen molar-refractivity contribution in [1.82, 2.24) is 5.32 Å². The number of unbranched alkanes of at least 4 members (excludes halogenated alkanes) is 44. The minimum atomic E-state index is -1.66. The molecule has 9 unspecified atom stereocenters. The molecule has 452 valence electrons. The summed E-state index contributed by atoms with van der Waals surface area (Å²) in [6, 6.07) is -1.17. The van der Waals surface area contributed by atoms with Crippen LogP contribution in [0.3, 0.4) is 0 Å². The van der Waals surface area contributed by atoms with Crippen LogP contribution < -0.4 is 5.32 Å². The van der Waals surface area contributed by atoms with Crippen molar-refractivity contribution in [3.05, 3.63) is 12.2 Å². The molecule has 1 aliphatic rings. The van der Waals surface area contributed by atoms with Crippen molar-refractivity contribution in [2.24, 2.45) is 0 Å². The second-order valence-corrected chi connectivity index (χ2v) is 23.5. The smallest absolute Gasteiger partial charge is 0.249 e. The molecule has 1 amide bonds. The SMILES string of the molecule is CCCCCCCCCCCCCC/C=C\CCCCCCCCCCCCCCC(O)C(=O)NC(COC1OC(CO)C(O)C(O)C1O)C(O)C(O)CCCCCCCCCCCCCCCCCCCCCCC. The topological polar surface area (TPSA) is 189 Å². The Hall–Kier alpha value is -1.15. The summed E-state index contributed by atoms with van der Waals surface area (Å²) in [5, 5.41) is 76.4. The molecule has 0 aromatic heterocycles. The number of aliphatic hydroxyl groups is 7. The van der Waals surface area contributed by atoms with Gasteiger partial charge in [0.2, 0.25) is 5.91 Å². The zero-order valence-corrected chi connectivity index (χ0v) is 49.8. The van der Waals surface area contributed by atoms with Crippen LogP contribution in [0.5, 0.6) is 0 Å². The van der Waals surface area contributed by atoms with Gasteiger partial charge in [0.25, 0.3) is 0 Å². The maximum Gasteiger partial charge on any atom is 0.249 e. The summed E-state index contributed by atoms with van der Waals surface area (Å²) in [5.41, 5.74) is 0. The van der Waals surface area contributed by atoms with Crippen LogP contribution in [-0.2, 0) is 14.3 Å². The summed E-state index contributed by atoms with van der Waals surface area (Å²) in [5.74, 6) is -0.691. The van der Waals surface area contributed by atoms with Gasteiger partial charge in [-0.2, -0.15) is 0 Å². The third-order valence-electron chi connectivity index (χ3n) is 16.3. The van der Waals surface area contributed by atoms with E-state index in [0.29, 0.717) is 19.3 Å². The lowest BCUT2D eigenvalue weighted by Crippen LogP contribution is -2.60. The lowest BCUT2D eigenvalue weighted by molar-refractivity contribution is -0.303. The van der Waals surface area contributed by atoms with Gasteiger partial charge in [0.15, 0.2) is 6.29 Å². The van der Waals surface area contributed by atoms with Gasteiger partial charge in [-0.3, -0.25) is 4.79 Å². The molecule has 1 aliphatic heterocycles. The van der Waals surface area contributed by atoms with E-state index < -0.39 is 74.2 Å². The van der Waals surface area contributed by atoms with Crippen molar-refractivity contribution in [1.29, 1.82) is 0 Å². The largest absolute Gasteiger partial charge is 0.394 e. The molecular weight excluding hydrogens is 955 g/mol. The van der Waals surface area contributed by atoms with Gasteiger partial charge in [0.05, 0.1) is 25.4 Å². The number of hydrogen-bond donors (Lipinski definition) is 8. The fourth-order valence-electron chi connectivity index (χ4n) is 11.0. The number of hydrogen-bond acceptors (Lipinski definition) is 10. The minimum Gasteiger partial charge on any atom is -0.394 e. The van der Waals surface area contributed by atoms with Crippen LogP contribution in [-0.4, -0.2) is 110 Å². The molecule has 11 nitrogen and oxygen atoms in total. The molecule has 0 aromatic carbocycles. The fourth-order valence-corrected chi connectivity index (χ4v) is 11.0. The molecule has 0 spiro atoms. The molecule has 0 saturated carbocycles. The molecule has 0 bridgehead atoms. The summed E-state index contributed by atoms with van der Waals surface area (Å²) in [6.45, 7) is 3.51. The van der Waals surface area contributed by atoms with E-state index in [2.05, 4.69) is 31.3 Å². The Labute approximate surface area is 468 Å². The number of carbonyl (C=O) groups excluding carboxylic acids is 1. The lowest BCUT2D eigenvalue weighted by Gasteiger charge is -2.40. The highest BCUT2D eigenvalue weighted by Gasteiger charge is 2.44. The normalized spacial score (nSPS) is 19.6. The average Bonchev–Trinajstić information content (AvgIpc) is 3.42. The lowest BCUT2D eigenvalue weighted by atomic mass is 9.98. The summed E-state index contributed by atoms with van der Waals surface area (Å²) >= 11 is 0. The highest BCUT2D eigenvalue weighted by atomic mass is 16.7. The van der Waals surface area contributed by atoms with E-state index in [1.54, 1.807) is 0 Å². The monoisotopic (exact) mass is 1080 g/mol. The fraction of sp³-hybridized carbons (Fsp3) is 0.954. The van der Waals surface area contributed by atoms with E-state index in [1.165, 1.54) is 250 Å². The van der Waals surface area contributed by atoms with Crippen LogP contribution in [0.2, 0.25) is 0 Å². The van der Waals surface area contributed by atoms with Gasteiger partial charge in [-0.15, -0.1) is 0 Å². The maximum atomic E-state index is 13.2. The van der Waals surface area contributed by atoms with Gasteiger partial charge < -0.3 is 50.5 Å². The zero-order chi connectivity index (χ0) is 55.4. The summed E-state index contributed by atoms with van der Waals surface area (Å²) < 4.78 is 11.2. The quantitative estimate of drug-likeness (QED) is 0.0215. The number of allylic oxidation sites excluding steroid dienone is 2. The first-order valence-electron chi connectivity index (χ1n) is 33.1. The number of nitrogens with one attached hydrogen (secondary N) is 1. The second-order valence-electron chi connectivity index (χ2n) is 23.5. The Bertz CT molecular complexity index is 1240. The van der Waals surface area contributed by atoms with Crippen molar-refractivity contribution in [3.63, 3.8) is 0 Å². The standard InChI is InChI=1S/C65H127NO10/c1-3-5-7-9-11-13-15-17-19-21-23-25-26-27-28-29-30-31-33-35-37-39-41-43-45-47-49-51-53-58(69)64(74)66-56(55-75-65-63(73)62(72)61(71)59(54-67)76-65)60(70)57(68)52-50-48-46-44-42-40-38-36-34-32-24-22-20-18-16-14-12-10-8-6-4-2/h27-28,56-63,65,67-73H,3-26,29-55H2,1-2H3,(H,66,74)/b28-27-. The average molecular weight is 1080 g/mol. The van der Waals surface area contributed by atoms with E-state index >= 15 is 0 Å². The highest BCUT2D eigenvalue weighted by molar-refractivity contribution is 5.80. The number of aliphatic hydroxyl groups excluding tert-OH is 7. The Balaban J connectivity index is 2.22. The van der Waals surface area contributed by atoms with E-state index in [1.807, 2.05) is 0 Å². The van der Waals surface area contributed by atoms with Crippen LogP contribution in [0, 0.1) is 0 Å². The predicted molar refractivity (Wildman–Crippen MR) is 316 cm³/mol. The Morgan fingerprint density at radius 1 is 0.447 bits per heavy atom. The summed E-state index contributed by atoms with van der Waals surface area (Å²) in [7, 11) is 0. The van der Waals surface area contributed by atoms with Crippen LogP contribution in [0.15, 0.2) is 12.2 Å². The van der Waals surface area contributed by atoms with Gasteiger partial charge >= 0.3 is 0 Å². The van der Waals surface area contributed by atoms with E-state index in [4.69, 9.17) is 9.47 Å². The molecule has 1 heterocycles. The molecule has 1 rings (SSSR count). The number of amides is 1. The van der Waals surface area contributed by atoms with Crippen molar-refractivity contribution < 1.29 is 50.0 Å². The molecule has 0 radical (unpaired) electrons. The van der Waals surface area contributed by atoms with Crippen LogP contribution in [0.1, 0.15) is 328 Å². The molecule has 1 saturated heterocycles. The van der Waals surface area contributed by atoms with Gasteiger partial charge in [0.1, 0.15) is 36.6 Å². The van der Waals surface area contributed by atoms with E-state index in [0.717, 1.165) is 38.5 Å². The number of rotatable bonds is 58. The van der Waals surface area contributed by atoms with Gasteiger partial charge in [0, 0.05) is 0 Å².